The maximum Gasteiger partial charge on any atom is 0.385 e. The lowest BCUT2D eigenvalue weighted by Gasteiger charge is -2.33. The second kappa shape index (κ2) is 9.73. The standard InChI is InChI=1S/C24H29NO5/c1-5-6-24(27)30-23(14-25-16(2)11-20(26)12-17(25)3)19-9-10-21(28-4)22(13-19)29-15-18-7-8-18/h9-13,18,20,23,26H,7-8,14-15H2,1-4H3. The van der Waals surface area contributed by atoms with Crippen LogP contribution in [0.15, 0.2) is 41.7 Å². The lowest BCUT2D eigenvalue weighted by atomic mass is 10.1. The van der Waals surface area contributed by atoms with Gasteiger partial charge in [0, 0.05) is 17.3 Å². The Morgan fingerprint density at radius 3 is 2.53 bits per heavy atom. The van der Waals surface area contributed by atoms with Crippen LogP contribution >= 0.6 is 0 Å². The van der Waals surface area contributed by atoms with Crippen molar-refractivity contribution >= 4 is 5.97 Å². The summed E-state index contributed by atoms with van der Waals surface area (Å²) in [7, 11) is 1.61. The third kappa shape index (κ3) is 5.58. The molecular formula is C24H29NO5. The van der Waals surface area contributed by atoms with Gasteiger partial charge < -0.3 is 24.2 Å². The van der Waals surface area contributed by atoms with Gasteiger partial charge in [-0.2, -0.15) is 0 Å². The molecule has 1 N–H and O–H groups in total. The normalized spacial score (nSPS) is 17.3. The maximum atomic E-state index is 12.2. The average Bonchev–Trinajstić information content (AvgIpc) is 3.52. The number of methoxy groups -OCH3 is 1. The molecule has 3 rings (SSSR count). The minimum Gasteiger partial charge on any atom is -0.493 e. The van der Waals surface area contributed by atoms with Gasteiger partial charge in [-0.25, -0.2) is 4.79 Å². The van der Waals surface area contributed by atoms with E-state index in [1.54, 1.807) is 26.2 Å². The first kappa shape index (κ1) is 21.8. The largest absolute Gasteiger partial charge is 0.493 e. The number of carbonyl (C=O) groups excluding carboxylic acids is 1. The molecule has 1 aliphatic carbocycles. The summed E-state index contributed by atoms with van der Waals surface area (Å²) in [4.78, 5) is 14.2. The second-order valence-electron chi connectivity index (χ2n) is 7.65. The highest BCUT2D eigenvalue weighted by molar-refractivity contribution is 5.88. The van der Waals surface area contributed by atoms with E-state index < -0.39 is 18.2 Å². The molecule has 1 fully saturated rings. The van der Waals surface area contributed by atoms with Gasteiger partial charge in [0.05, 0.1) is 26.4 Å². The summed E-state index contributed by atoms with van der Waals surface area (Å²) in [6.07, 6.45) is 4.71. The minimum absolute atomic E-state index is 0.392. The van der Waals surface area contributed by atoms with Gasteiger partial charge in [0.15, 0.2) is 11.5 Å². The molecule has 0 radical (unpaired) electrons. The smallest absolute Gasteiger partial charge is 0.385 e. The molecule has 1 atom stereocenters. The summed E-state index contributed by atoms with van der Waals surface area (Å²) in [5.41, 5.74) is 2.58. The van der Waals surface area contributed by atoms with Crippen LogP contribution in [0.25, 0.3) is 0 Å². The van der Waals surface area contributed by atoms with E-state index in [1.807, 2.05) is 36.9 Å². The van der Waals surface area contributed by atoms with Crippen LogP contribution in [0.4, 0.5) is 0 Å². The van der Waals surface area contributed by atoms with Gasteiger partial charge in [0.25, 0.3) is 0 Å². The van der Waals surface area contributed by atoms with Crippen LogP contribution in [0, 0.1) is 17.8 Å². The number of rotatable bonds is 8. The third-order valence-corrected chi connectivity index (χ3v) is 5.23. The lowest BCUT2D eigenvalue weighted by molar-refractivity contribution is -0.142. The Labute approximate surface area is 178 Å². The van der Waals surface area contributed by atoms with E-state index in [9.17, 15) is 9.90 Å². The third-order valence-electron chi connectivity index (χ3n) is 5.23. The first-order valence-electron chi connectivity index (χ1n) is 10.2. The van der Waals surface area contributed by atoms with Crippen molar-refractivity contribution in [3.8, 4) is 23.3 Å². The Morgan fingerprint density at radius 2 is 1.93 bits per heavy atom. The van der Waals surface area contributed by atoms with Crippen LogP contribution in [0.3, 0.4) is 0 Å². The summed E-state index contributed by atoms with van der Waals surface area (Å²) in [6.45, 7) is 6.48. The van der Waals surface area contributed by atoms with Crippen LogP contribution in [0.2, 0.25) is 0 Å². The molecule has 1 aliphatic heterocycles. The van der Waals surface area contributed by atoms with E-state index >= 15 is 0 Å². The van der Waals surface area contributed by atoms with Crippen molar-refractivity contribution in [2.75, 3.05) is 20.3 Å². The summed E-state index contributed by atoms with van der Waals surface area (Å²) in [6, 6.07) is 5.57. The maximum absolute atomic E-state index is 12.2. The van der Waals surface area contributed by atoms with Gasteiger partial charge in [0.1, 0.15) is 6.10 Å². The molecular weight excluding hydrogens is 382 g/mol. The number of benzene rings is 1. The van der Waals surface area contributed by atoms with Crippen LogP contribution < -0.4 is 9.47 Å². The zero-order chi connectivity index (χ0) is 21.7. The number of allylic oxidation sites excluding steroid dienone is 2. The van der Waals surface area contributed by atoms with Crippen molar-refractivity contribution in [3.05, 3.63) is 47.3 Å². The number of esters is 1. The first-order valence-corrected chi connectivity index (χ1v) is 10.2. The molecule has 160 valence electrons. The van der Waals surface area contributed by atoms with E-state index in [0.717, 1.165) is 17.0 Å². The molecule has 6 heteroatoms. The molecule has 2 aliphatic rings. The number of nitrogens with zero attached hydrogens (tertiary/aromatic N) is 1. The number of hydrogen-bond donors (Lipinski definition) is 1. The summed E-state index contributed by atoms with van der Waals surface area (Å²) in [5.74, 6) is 6.33. The molecule has 30 heavy (non-hydrogen) atoms. The van der Waals surface area contributed by atoms with E-state index in [1.165, 1.54) is 12.8 Å². The van der Waals surface area contributed by atoms with Gasteiger partial charge in [-0.1, -0.05) is 12.0 Å². The Hall–Kier alpha value is -2.91. The van der Waals surface area contributed by atoms with Gasteiger partial charge >= 0.3 is 5.97 Å². The van der Waals surface area contributed by atoms with E-state index in [-0.39, 0.29) is 0 Å². The number of aliphatic hydroxyl groups is 1. The number of hydrogen-bond acceptors (Lipinski definition) is 6. The summed E-state index contributed by atoms with van der Waals surface area (Å²) >= 11 is 0. The molecule has 0 amide bonds. The van der Waals surface area contributed by atoms with Crippen molar-refractivity contribution in [2.24, 2.45) is 5.92 Å². The molecule has 0 bridgehead atoms. The fourth-order valence-electron chi connectivity index (χ4n) is 3.42. The highest BCUT2D eigenvalue weighted by Crippen LogP contribution is 2.36. The van der Waals surface area contributed by atoms with E-state index in [0.29, 0.717) is 30.6 Å². The Bertz CT molecular complexity index is 884. The molecule has 1 heterocycles. The molecule has 1 unspecified atom stereocenters. The molecule has 1 aromatic carbocycles. The minimum atomic E-state index is -0.614. The molecule has 1 saturated carbocycles. The number of ether oxygens (including phenoxy) is 3. The molecule has 1 aromatic rings. The molecule has 0 saturated heterocycles. The fraction of sp³-hybridized carbons (Fsp3) is 0.458. The van der Waals surface area contributed by atoms with Gasteiger partial charge in [-0.05, 0) is 69.4 Å². The molecule has 6 nitrogen and oxygen atoms in total. The zero-order valence-corrected chi connectivity index (χ0v) is 18.0. The second-order valence-corrected chi connectivity index (χ2v) is 7.65. The van der Waals surface area contributed by atoms with Crippen molar-refractivity contribution < 1.29 is 24.1 Å². The number of carbonyl (C=O) groups is 1. The Kier molecular flexibility index (Phi) is 7.07. The first-order chi connectivity index (χ1) is 14.4. The van der Waals surface area contributed by atoms with Crippen LogP contribution in [-0.4, -0.2) is 42.3 Å². The van der Waals surface area contributed by atoms with E-state index in [4.69, 9.17) is 14.2 Å². The molecule has 0 aromatic heterocycles. The fourth-order valence-corrected chi connectivity index (χ4v) is 3.42. The van der Waals surface area contributed by atoms with Crippen LogP contribution in [0.1, 0.15) is 45.3 Å². The number of aliphatic hydroxyl groups excluding tert-OH is 1. The average molecular weight is 411 g/mol. The van der Waals surface area contributed by atoms with Gasteiger partial charge in [-0.3, -0.25) is 0 Å². The Balaban J connectivity index is 1.88. The van der Waals surface area contributed by atoms with E-state index in [2.05, 4.69) is 11.8 Å². The summed E-state index contributed by atoms with van der Waals surface area (Å²) < 4.78 is 17.1. The lowest BCUT2D eigenvalue weighted by Crippen LogP contribution is -2.31. The van der Waals surface area contributed by atoms with Crippen LogP contribution in [-0.2, 0) is 9.53 Å². The predicted octanol–water partition coefficient (Wildman–Crippen LogP) is 3.58. The topological polar surface area (TPSA) is 68.2 Å². The van der Waals surface area contributed by atoms with Crippen molar-refractivity contribution in [3.63, 3.8) is 0 Å². The summed E-state index contributed by atoms with van der Waals surface area (Å²) in [5, 5.41) is 9.92. The Morgan fingerprint density at radius 1 is 1.23 bits per heavy atom. The monoisotopic (exact) mass is 411 g/mol. The molecule has 0 spiro atoms. The zero-order valence-electron chi connectivity index (χ0n) is 18.0. The highest BCUT2D eigenvalue weighted by atomic mass is 16.5. The van der Waals surface area contributed by atoms with Crippen molar-refractivity contribution in [1.82, 2.24) is 4.90 Å². The van der Waals surface area contributed by atoms with Gasteiger partial charge in [0.2, 0.25) is 0 Å². The van der Waals surface area contributed by atoms with Crippen LogP contribution in [0.5, 0.6) is 11.5 Å². The SMILES string of the molecule is CC#CC(=O)OC(CN1C(C)=CC(O)C=C1C)c1ccc(OC)c(OCC2CC2)c1. The van der Waals surface area contributed by atoms with Crippen molar-refractivity contribution in [1.29, 1.82) is 0 Å². The quantitative estimate of drug-likeness (QED) is 0.401. The van der Waals surface area contributed by atoms with Crippen molar-refractivity contribution in [2.45, 2.75) is 45.8 Å². The highest BCUT2D eigenvalue weighted by Gasteiger charge is 2.26. The predicted molar refractivity (Wildman–Crippen MR) is 114 cm³/mol. The van der Waals surface area contributed by atoms with Gasteiger partial charge in [-0.15, -0.1) is 0 Å².